The lowest BCUT2D eigenvalue weighted by Gasteiger charge is -2.29. The Morgan fingerprint density at radius 3 is 2.89 bits per heavy atom. The fourth-order valence-corrected chi connectivity index (χ4v) is 3.39. The molecule has 1 N–H and O–H groups in total. The Morgan fingerprint density at radius 1 is 1.28 bits per heavy atom. The Labute approximate surface area is 115 Å². The van der Waals surface area contributed by atoms with Crippen LogP contribution in [0.5, 0.6) is 0 Å². The second-order valence-corrected chi connectivity index (χ2v) is 6.07. The van der Waals surface area contributed by atoms with Crippen LogP contribution in [0.3, 0.4) is 0 Å². The minimum absolute atomic E-state index is 0.287. The summed E-state index contributed by atoms with van der Waals surface area (Å²) in [6, 6.07) is 11.8. The molecule has 0 radical (unpaired) electrons. The summed E-state index contributed by atoms with van der Waals surface area (Å²) in [6.45, 7) is 0.651. The van der Waals surface area contributed by atoms with Crippen molar-refractivity contribution in [1.29, 1.82) is 0 Å². The highest BCUT2D eigenvalue weighted by atomic mass is 35.5. The molecule has 0 saturated carbocycles. The van der Waals surface area contributed by atoms with E-state index in [2.05, 4.69) is 6.07 Å². The fourth-order valence-electron chi connectivity index (χ4n) is 2.32. The summed E-state index contributed by atoms with van der Waals surface area (Å²) in [4.78, 5) is 0.849. The molecule has 94 valence electrons. The van der Waals surface area contributed by atoms with Crippen LogP contribution in [-0.2, 0) is 11.2 Å². The molecule has 0 spiro atoms. The third kappa shape index (κ3) is 2.19. The number of aliphatic hydroxyl groups excluding tert-OH is 1. The number of thiophene rings is 1. The molecule has 3 rings (SSSR count). The minimum atomic E-state index is -0.649. The summed E-state index contributed by atoms with van der Waals surface area (Å²) in [5.41, 5.74) is 2.34. The number of fused-ring (bicyclic) bond motifs is 1. The van der Waals surface area contributed by atoms with E-state index in [4.69, 9.17) is 16.3 Å². The zero-order valence-corrected chi connectivity index (χ0v) is 11.2. The average Bonchev–Trinajstić information content (AvgIpc) is 2.84. The summed E-state index contributed by atoms with van der Waals surface area (Å²) in [5, 5.41) is 10.4. The molecule has 1 aliphatic heterocycles. The zero-order valence-electron chi connectivity index (χ0n) is 9.67. The number of halogens is 1. The smallest absolute Gasteiger partial charge is 0.118 e. The number of benzene rings is 1. The predicted octanol–water partition coefficient (Wildman–Crippen LogP) is 3.75. The van der Waals surface area contributed by atoms with Crippen molar-refractivity contribution < 1.29 is 9.84 Å². The van der Waals surface area contributed by atoms with Gasteiger partial charge in [0.05, 0.1) is 10.9 Å². The van der Waals surface area contributed by atoms with Gasteiger partial charge in [-0.15, -0.1) is 11.3 Å². The Bertz CT molecular complexity index is 552. The van der Waals surface area contributed by atoms with Gasteiger partial charge in [0.2, 0.25) is 0 Å². The minimum Gasteiger partial charge on any atom is -0.384 e. The highest BCUT2D eigenvalue weighted by Gasteiger charge is 2.29. The van der Waals surface area contributed by atoms with Crippen LogP contribution < -0.4 is 0 Å². The molecule has 2 nitrogen and oxygen atoms in total. The van der Waals surface area contributed by atoms with E-state index >= 15 is 0 Å². The van der Waals surface area contributed by atoms with Gasteiger partial charge in [0, 0.05) is 4.88 Å². The second kappa shape index (κ2) is 5.02. The lowest BCUT2D eigenvalue weighted by Crippen LogP contribution is -2.21. The van der Waals surface area contributed by atoms with E-state index in [1.54, 1.807) is 6.07 Å². The van der Waals surface area contributed by atoms with Crippen LogP contribution in [0.4, 0.5) is 0 Å². The molecule has 2 aromatic rings. The highest BCUT2D eigenvalue weighted by Crippen LogP contribution is 2.39. The lowest BCUT2D eigenvalue weighted by atomic mass is 9.94. The van der Waals surface area contributed by atoms with Crippen LogP contribution in [0.1, 0.15) is 28.2 Å². The summed E-state index contributed by atoms with van der Waals surface area (Å²) in [5.74, 6) is 0. The number of rotatable bonds is 2. The van der Waals surface area contributed by atoms with Gasteiger partial charge in [-0.05, 0) is 29.7 Å². The van der Waals surface area contributed by atoms with E-state index in [9.17, 15) is 5.11 Å². The average molecular weight is 281 g/mol. The Balaban J connectivity index is 1.94. The maximum atomic E-state index is 10.4. The maximum Gasteiger partial charge on any atom is 0.118 e. The molecule has 2 atom stereocenters. The number of ether oxygens (including phenoxy) is 1. The summed E-state index contributed by atoms with van der Waals surface area (Å²) < 4.78 is 6.43. The standard InChI is InChI=1S/C14H13ClO2S/c15-12-6-5-11(18-12)13(16)14-10-4-2-1-3-9(10)7-8-17-14/h1-6,13-14,16H,7-8H2. The van der Waals surface area contributed by atoms with Crippen LogP contribution in [-0.4, -0.2) is 11.7 Å². The predicted molar refractivity (Wildman–Crippen MR) is 73.1 cm³/mol. The van der Waals surface area contributed by atoms with Gasteiger partial charge in [-0.2, -0.15) is 0 Å². The topological polar surface area (TPSA) is 29.5 Å². The van der Waals surface area contributed by atoms with E-state index in [0.29, 0.717) is 10.9 Å². The van der Waals surface area contributed by atoms with Gasteiger partial charge in [0.15, 0.2) is 0 Å². The molecule has 2 heterocycles. The SMILES string of the molecule is OC(c1ccc(Cl)s1)C1OCCc2ccccc21. The monoisotopic (exact) mass is 280 g/mol. The van der Waals surface area contributed by atoms with E-state index in [0.717, 1.165) is 16.9 Å². The molecule has 18 heavy (non-hydrogen) atoms. The molecular weight excluding hydrogens is 268 g/mol. The van der Waals surface area contributed by atoms with Crippen molar-refractivity contribution in [1.82, 2.24) is 0 Å². The first kappa shape index (κ1) is 12.2. The van der Waals surface area contributed by atoms with Crippen LogP contribution in [0.2, 0.25) is 4.34 Å². The van der Waals surface area contributed by atoms with Crippen molar-refractivity contribution in [3.8, 4) is 0 Å². The number of hydrogen-bond donors (Lipinski definition) is 1. The van der Waals surface area contributed by atoms with Crippen molar-refractivity contribution in [2.75, 3.05) is 6.61 Å². The van der Waals surface area contributed by atoms with Gasteiger partial charge in [0.25, 0.3) is 0 Å². The van der Waals surface area contributed by atoms with Gasteiger partial charge in [0.1, 0.15) is 12.2 Å². The van der Waals surface area contributed by atoms with Crippen LogP contribution in [0, 0.1) is 0 Å². The van der Waals surface area contributed by atoms with Gasteiger partial charge < -0.3 is 9.84 Å². The van der Waals surface area contributed by atoms with E-state index in [-0.39, 0.29) is 6.10 Å². The molecule has 0 saturated heterocycles. The molecule has 1 aliphatic rings. The molecule has 0 amide bonds. The van der Waals surface area contributed by atoms with Crippen LogP contribution >= 0.6 is 22.9 Å². The van der Waals surface area contributed by atoms with Gasteiger partial charge >= 0.3 is 0 Å². The van der Waals surface area contributed by atoms with E-state index in [1.807, 2.05) is 24.3 Å². The Kier molecular flexibility index (Phi) is 3.39. The molecule has 0 fully saturated rings. The second-order valence-electron chi connectivity index (χ2n) is 4.33. The van der Waals surface area contributed by atoms with Crippen LogP contribution in [0.25, 0.3) is 0 Å². The quantitative estimate of drug-likeness (QED) is 0.908. The fraction of sp³-hybridized carbons (Fsp3) is 0.286. The van der Waals surface area contributed by atoms with Crippen molar-refractivity contribution in [2.24, 2.45) is 0 Å². The van der Waals surface area contributed by atoms with Crippen molar-refractivity contribution >= 4 is 22.9 Å². The van der Waals surface area contributed by atoms with Crippen molar-refractivity contribution in [3.63, 3.8) is 0 Å². The molecule has 0 bridgehead atoms. The largest absolute Gasteiger partial charge is 0.384 e. The lowest BCUT2D eigenvalue weighted by molar-refractivity contribution is -0.0468. The molecule has 1 aromatic carbocycles. The van der Waals surface area contributed by atoms with E-state index in [1.165, 1.54) is 16.9 Å². The zero-order chi connectivity index (χ0) is 12.5. The number of hydrogen-bond acceptors (Lipinski definition) is 3. The third-order valence-electron chi connectivity index (χ3n) is 3.20. The molecule has 0 aliphatic carbocycles. The molecule has 2 unspecified atom stereocenters. The first-order valence-corrected chi connectivity index (χ1v) is 7.08. The van der Waals surface area contributed by atoms with Gasteiger partial charge in [-0.3, -0.25) is 0 Å². The highest BCUT2D eigenvalue weighted by molar-refractivity contribution is 7.16. The molecule has 1 aromatic heterocycles. The van der Waals surface area contributed by atoms with Crippen LogP contribution in [0.15, 0.2) is 36.4 Å². The Hall–Kier alpha value is -0.870. The van der Waals surface area contributed by atoms with Crippen molar-refractivity contribution in [2.45, 2.75) is 18.6 Å². The number of aliphatic hydroxyl groups is 1. The maximum absolute atomic E-state index is 10.4. The van der Waals surface area contributed by atoms with Crippen molar-refractivity contribution in [3.05, 3.63) is 56.7 Å². The summed E-state index contributed by atoms with van der Waals surface area (Å²) in [6.07, 6.45) is -0.0291. The first-order valence-electron chi connectivity index (χ1n) is 5.88. The normalized spacial score (nSPS) is 20.4. The van der Waals surface area contributed by atoms with Gasteiger partial charge in [-0.1, -0.05) is 35.9 Å². The summed E-state index contributed by atoms with van der Waals surface area (Å²) >= 11 is 7.31. The first-order chi connectivity index (χ1) is 8.75. The molecule has 4 heteroatoms. The molecular formula is C14H13ClO2S. The van der Waals surface area contributed by atoms with Gasteiger partial charge in [-0.25, -0.2) is 0 Å². The third-order valence-corrected chi connectivity index (χ3v) is 4.50. The Morgan fingerprint density at radius 2 is 2.11 bits per heavy atom. The van der Waals surface area contributed by atoms with E-state index < -0.39 is 6.10 Å². The summed E-state index contributed by atoms with van der Waals surface area (Å²) in [7, 11) is 0.